The first-order chi connectivity index (χ1) is 14.9. The number of fused-ring (bicyclic) bond motifs is 3. The summed E-state index contributed by atoms with van der Waals surface area (Å²) < 4.78 is 7.20. The Hall–Kier alpha value is -3.25. The molecule has 5 rings (SSSR count). The third kappa shape index (κ3) is 3.37. The monoisotopic (exact) mass is 433 g/mol. The molecule has 0 unspecified atom stereocenters. The average Bonchev–Trinajstić information content (AvgIpc) is 3.24. The van der Waals surface area contributed by atoms with E-state index in [0.29, 0.717) is 33.7 Å². The fourth-order valence-corrected chi connectivity index (χ4v) is 4.24. The van der Waals surface area contributed by atoms with Gasteiger partial charge in [-0.05, 0) is 55.7 Å². The van der Waals surface area contributed by atoms with Gasteiger partial charge in [-0.25, -0.2) is 14.8 Å². The molecule has 0 spiro atoms. The molecule has 0 saturated heterocycles. The number of pyridine rings is 1. The maximum Gasteiger partial charge on any atom is 0.338 e. The topological polar surface area (TPSA) is 74.1 Å². The van der Waals surface area contributed by atoms with Gasteiger partial charge in [0.25, 0.3) is 5.56 Å². The first-order valence-corrected chi connectivity index (χ1v) is 10.6. The van der Waals surface area contributed by atoms with Crippen molar-refractivity contribution in [3.63, 3.8) is 0 Å². The van der Waals surface area contributed by atoms with Crippen LogP contribution in [0, 0.1) is 13.8 Å². The number of carbonyl (C=O) groups is 1. The third-order valence-corrected chi connectivity index (χ3v) is 6.28. The molecule has 3 heterocycles. The standard InChI is InChI=1S/C24H20ClN3O3/c1-13-5-6-15-10-17(22(25)27-21(15)14(13)2)12-31-24(30)16-7-8-18-19(11-16)26-20-4-3-9-28(20)23(18)29/h5-8,10-11H,3-4,9,12H2,1-2H3. The Kier molecular flexibility index (Phi) is 4.74. The summed E-state index contributed by atoms with van der Waals surface area (Å²) in [5, 5.41) is 1.77. The van der Waals surface area contributed by atoms with Gasteiger partial charge in [0.2, 0.25) is 0 Å². The molecule has 0 atom stereocenters. The van der Waals surface area contributed by atoms with Crippen LogP contribution in [-0.4, -0.2) is 20.5 Å². The SMILES string of the molecule is Cc1ccc2cc(COC(=O)c3ccc4c(=O)n5c(nc4c3)CCC5)c(Cl)nc2c1C. The lowest BCUT2D eigenvalue weighted by Gasteiger charge is -2.11. The van der Waals surface area contributed by atoms with Crippen molar-refractivity contribution < 1.29 is 9.53 Å². The van der Waals surface area contributed by atoms with Crippen LogP contribution in [0.5, 0.6) is 0 Å². The van der Waals surface area contributed by atoms with Gasteiger partial charge in [-0.1, -0.05) is 23.7 Å². The van der Waals surface area contributed by atoms with Gasteiger partial charge in [0.1, 0.15) is 17.6 Å². The molecule has 0 saturated carbocycles. The predicted molar refractivity (Wildman–Crippen MR) is 120 cm³/mol. The normalized spacial score (nSPS) is 13.0. The van der Waals surface area contributed by atoms with Crippen LogP contribution in [0.1, 0.15) is 39.3 Å². The molecule has 1 aliphatic heterocycles. The zero-order valence-corrected chi connectivity index (χ0v) is 18.0. The van der Waals surface area contributed by atoms with E-state index in [2.05, 4.69) is 9.97 Å². The molecule has 1 aliphatic rings. The lowest BCUT2D eigenvalue weighted by molar-refractivity contribution is 0.0473. The number of aromatic nitrogens is 3. The zero-order chi connectivity index (χ0) is 21.7. The van der Waals surface area contributed by atoms with Crippen LogP contribution in [0.4, 0.5) is 0 Å². The van der Waals surface area contributed by atoms with Gasteiger partial charge in [0, 0.05) is 23.9 Å². The van der Waals surface area contributed by atoms with Crippen molar-refractivity contribution in [1.29, 1.82) is 0 Å². The highest BCUT2D eigenvalue weighted by Gasteiger charge is 2.18. The summed E-state index contributed by atoms with van der Waals surface area (Å²) in [5.41, 5.74) is 4.51. The van der Waals surface area contributed by atoms with E-state index in [-0.39, 0.29) is 12.2 Å². The lowest BCUT2D eigenvalue weighted by atomic mass is 10.0. The quantitative estimate of drug-likeness (QED) is 0.351. The number of aryl methyl sites for hydroxylation is 3. The highest BCUT2D eigenvalue weighted by atomic mass is 35.5. The molecule has 0 bridgehead atoms. The van der Waals surface area contributed by atoms with Crippen LogP contribution in [0.25, 0.3) is 21.8 Å². The first-order valence-electron chi connectivity index (χ1n) is 10.2. The molecule has 2 aromatic carbocycles. The van der Waals surface area contributed by atoms with E-state index in [4.69, 9.17) is 16.3 Å². The van der Waals surface area contributed by atoms with Crippen LogP contribution >= 0.6 is 11.6 Å². The van der Waals surface area contributed by atoms with Gasteiger partial charge in [-0.2, -0.15) is 0 Å². The van der Waals surface area contributed by atoms with E-state index >= 15 is 0 Å². The molecule has 0 N–H and O–H groups in total. The molecule has 0 fully saturated rings. The summed E-state index contributed by atoms with van der Waals surface area (Å²) in [4.78, 5) is 34.3. The van der Waals surface area contributed by atoms with E-state index in [1.54, 1.807) is 22.8 Å². The minimum atomic E-state index is -0.499. The van der Waals surface area contributed by atoms with Gasteiger partial charge in [-0.3, -0.25) is 9.36 Å². The van der Waals surface area contributed by atoms with E-state index in [1.807, 2.05) is 32.0 Å². The molecule has 6 nitrogen and oxygen atoms in total. The molecule has 7 heteroatoms. The van der Waals surface area contributed by atoms with E-state index < -0.39 is 5.97 Å². The van der Waals surface area contributed by atoms with Gasteiger partial charge < -0.3 is 4.74 Å². The van der Waals surface area contributed by atoms with Crippen molar-refractivity contribution in [3.8, 4) is 0 Å². The number of hydrogen-bond acceptors (Lipinski definition) is 5. The van der Waals surface area contributed by atoms with Crippen LogP contribution in [0.15, 0.2) is 41.2 Å². The largest absolute Gasteiger partial charge is 0.457 e. The number of rotatable bonds is 3. The van der Waals surface area contributed by atoms with Crippen LogP contribution in [0.2, 0.25) is 5.15 Å². The number of hydrogen-bond donors (Lipinski definition) is 0. The van der Waals surface area contributed by atoms with Crippen molar-refractivity contribution in [1.82, 2.24) is 14.5 Å². The van der Waals surface area contributed by atoms with E-state index in [1.165, 1.54) is 0 Å². The van der Waals surface area contributed by atoms with Crippen LogP contribution < -0.4 is 5.56 Å². The van der Waals surface area contributed by atoms with Crippen molar-refractivity contribution >= 4 is 39.4 Å². The minimum Gasteiger partial charge on any atom is -0.457 e. The van der Waals surface area contributed by atoms with Gasteiger partial charge in [0.05, 0.1) is 22.0 Å². The van der Waals surface area contributed by atoms with Gasteiger partial charge >= 0.3 is 5.97 Å². The predicted octanol–water partition coefficient (Wildman–Crippen LogP) is 4.52. The Morgan fingerprint density at radius 2 is 2.00 bits per heavy atom. The molecule has 4 aromatic rings. The third-order valence-electron chi connectivity index (χ3n) is 5.95. The number of carbonyl (C=O) groups excluding carboxylic acids is 1. The van der Waals surface area contributed by atoms with E-state index in [0.717, 1.165) is 40.7 Å². The van der Waals surface area contributed by atoms with Gasteiger partial charge in [0.15, 0.2) is 0 Å². The van der Waals surface area contributed by atoms with Gasteiger partial charge in [-0.15, -0.1) is 0 Å². The molecule has 31 heavy (non-hydrogen) atoms. The average molecular weight is 434 g/mol. The zero-order valence-electron chi connectivity index (χ0n) is 17.2. The van der Waals surface area contributed by atoms with E-state index in [9.17, 15) is 9.59 Å². The van der Waals surface area contributed by atoms with Crippen LogP contribution in [0.3, 0.4) is 0 Å². The summed E-state index contributed by atoms with van der Waals surface area (Å²) in [6.45, 7) is 4.74. The van der Waals surface area contributed by atoms with Crippen LogP contribution in [-0.2, 0) is 24.3 Å². The fraction of sp³-hybridized carbons (Fsp3) is 0.250. The number of nitrogens with zero attached hydrogens (tertiary/aromatic N) is 3. The second kappa shape index (κ2) is 7.46. The maximum absolute atomic E-state index is 12.7. The first kappa shape index (κ1) is 19.7. The number of esters is 1. The molecule has 0 amide bonds. The molecule has 0 aliphatic carbocycles. The fourth-order valence-electron chi connectivity index (χ4n) is 4.04. The second-order valence-corrected chi connectivity index (χ2v) is 8.27. The Balaban J connectivity index is 1.41. The van der Waals surface area contributed by atoms with Crippen molar-refractivity contribution in [2.45, 2.75) is 39.8 Å². The molecule has 0 radical (unpaired) electrons. The van der Waals surface area contributed by atoms with Crippen molar-refractivity contribution in [2.75, 3.05) is 0 Å². The smallest absolute Gasteiger partial charge is 0.338 e. The maximum atomic E-state index is 12.7. The number of halogens is 1. The molecule has 2 aromatic heterocycles. The summed E-state index contributed by atoms with van der Waals surface area (Å²) in [7, 11) is 0. The highest BCUT2D eigenvalue weighted by Crippen LogP contribution is 2.26. The molecular formula is C24H20ClN3O3. The Bertz CT molecular complexity index is 1440. The summed E-state index contributed by atoms with van der Waals surface area (Å²) >= 11 is 6.36. The minimum absolute atomic E-state index is 0.00580. The summed E-state index contributed by atoms with van der Waals surface area (Å²) in [6, 6.07) is 10.8. The number of benzene rings is 2. The second-order valence-electron chi connectivity index (χ2n) is 7.91. The summed E-state index contributed by atoms with van der Waals surface area (Å²) in [6.07, 6.45) is 1.68. The van der Waals surface area contributed by atoms with Crippen molar-refractivity contribution in [2.24, 2.45) is 0 Å². The summed E-state index contributed by atoms with van der Waals surface area (Å²) in [5.74, 6) is 0.267. The molecular weight excluding hydrogens is 414 g/mol. The van der Waals surface area contributed by atoms with Crippen molar-refractivity contribution in [3.05, 3.63) is 80.0 Å². The Morgan fingerprint density at radius 1 is 1.16 bits per heavy atom. The highest BCUT2D eigenvalue weighted by molar-refractivity contribution is 6.30. The Morgan fingerprint density at radius 3 is 2.84 bits per heavy atom. The lowest BCUT2D eigenvalue weighted by Crippen LogP contribution is -2.21. The molecule has 156 valence electrons. The Labute approximate surface area is 183 Å². The number of ether oxygens (including phenoxy) is 1.